The summed E-state index contributed by atoms with van der Waals surface area (Å²) in [5, 5.41) is 2.21. The van der Waals surface area contributed by atoms with Gasteiger partial charge in [-0.05, 0) is 12.8 Å². The molecule has 7 nitrogen and oxygen atoms in total. The Bertz CT molecular complexity index is 439. The van der Waals surface area contributed by atoms with Gasteiger partial charge in [0.15, 0.2) is 0 Å². The molecule has 0 radical (unpaired) electrons. The zero-order valence-corrected chi connectivity index (χ0v) is 10.7. The number of barbiturate groups is 1. The maximum absolute atomic E-state index is 12.4. The highest BCUT2D eigenvalue weighted by atomic mass is 16.5. The number of amides is 4. The van der Waals surface area contributed by atoms with Crippen LogP contribution in [0.1, 0.15) is 32.1 Å². The third-order valence-electron chi connectivity index (χ3n) is 3.78. The minimum Gasteiger partial charge on any atom is -0.469 e. The van der Waals surface area contributed by atoms with E-state index in [0.29, 0.717) is 12.8 Å². The van der Waals surface area contributed by atoms with Crippen LogP contribution in [0.4, 0.5) is 4.79 Å². The number of ether oxygens (including phenoxy) is 1. The third kappa shape index (κ3) is 2.20. The maximum Gasteiger partial charge on any atom is 0.330 e. The molecule has 1 aliphatic carbocycles. The van der Waals surface area contributed by atoms with Crippen LogP contribution in [-0.2, 0) is 19.1 Å². The van der Waals surface area contributed by atoms with E-state index in [2.05, 4.69) is 10.1 Å². The summed E-state index contributed by atoms with van der Waals surface area (Å²) in [6.07, 6.45) is 2.43. The Hall–Kier alpha value is -1.92. The Kier molecular flexibility index (Phi) is 3.55. The molecule has 1 saturated heterocycles. The van der Waals surface area contributed by atoms with Crippen LogP contribution < -0.4 is 5.32 Å². The summed E-state index contributed by atoms with van der Waals surface area (Å²) in [6.45, 7) is -0.0631. The Labute approximate surface area is 110 Å². The summed E-state index contributed by atoms with van der Waals surface area (Å²) in [5.74, 6) is -1.49. The number of rotatable bonds is 3. The highest BCUT2D eigenvalue weighted by molar-refractivity contribution is 6.19. The van der Waals surface area contributed by atoms with Crippen molar-refractivity contribution in [2.45, 2.75) is 32.1 Å². The summed E-state index contributed by atoms with van der Waals surface area (Å²) < 4.78 is 4.47. The van der Waals surface area contributed by atoms with Crippen molar-refractivity contribution in [3.05, 3.63) is 0 Å². The summed E-state index contributed by atoms with van der Waals surface area (Å²) in [6, 6.07) is -0.753. The number of urea groups is 1. The van der Waals surface area contributed by atoms with Gasteiger partial charge in [-0.1, -0.05) is 12.8 Å². The van der Waals surface area contributed by atoms with E-state index in [0.717, 1.165) is 17.7 Å². The lowest BCUT2D eigenvalue weighted by atomic mass is 9.82. The first-order valence-electron chi connectivity index (χ1n) is 6.25. The Morgan fingerprint density at radius 2 is 1.95 bits per heavy atom. The van der Waals surface area contributed by atoms with Crippen molar-refractivity contribution in [2.24, 2.45) is 5.41 Å². The molecule has 4 amide bonds. The molecule has 19 heavy (non-hydrogen) atoms. The van der Waals surface area contributed by atoms with Crippen molar-refractivity contribution in [1.82, 2.24) is 10.2 Å². The van der Waals surface area contributed by atoms with Crippen molar-refractivity contribution < 1.29 is 23.9 Å². The van der Waals surface area contributed by atoms with Crippen molar-refractivity contribution in [3.8, 4) is 0 Å². The van der Waals surface area contributed by atoms with Crippen LogP contribution in [0.15, 0.2) is 0 Å². The van der Waals surface area contributed by atoms with Crippen molar-refractivity contribution in [2.75, 3.05) is 13.7 Å². The van der Waals surface area contributed by atoms with Crippen molar-refractivity contribution in [3.63, 3.8) is 0 Å². The molecule has 0 aromatic heterocycles. The second kappa shape index (κ2) is 4.99. The molecule has 1 spiro atoms. The van der Waals surface area contributed by atoms with Gasteiger partial charge in [-0.25, -0.2) is 4.79 Å². The quantitative estimate of drug-likeness (QED) is 0.582. The van der Waals surface area contributed by atoms with Gasteiger partial charge in [-0.3, -0.25) is 24.6 Å². The zero-order chi connectivity index (χ0) is 14.0. The highest BCUT2D eigenvalue weighted by Crippen LogP contribution is 2.41. The summed E-state index contributed by atoms with van der Waals surface area (Å²) in [7, 11) is 1.24. The van der Waals surface area contributed by atoms with E-state index in [1.807, 2.05) is 0 Å². The number of methoxy groups -OCH3 is 1. The number of imide groups is 2. The molecule has 2 rings (SSSR count). The minimum atomic E-state index is -1.11. The van der Waals surface area contributed by atoms with Crippen LogP contribution in [0.25, 0.3) is 0 Å². The fraction of sp³-hybridized carbons (Fsp3) is 0.667. The smallest absolute Gasteiger partial charge is 0.330 e. The largest absolute Gasteiger partial charge is 0.469 e. The predicted octanol–water partition coefficient (Wildman–Crippen LogP) is 0.188. The van der Waals surface area contributed by atoms with Crippen LogP contribution in [0.3, 0.4) is 0 Å². The Morgan fingerprint density at radius 1 is 1.32 bits per heavy atom. The maximum atomic E-state index is 12.4. The number of carbonyl (C=O) groups excluding carboxylic acids is 4. The molecular formula is C12H16N2O5. The van der Waals surface area contributed by atoms with Crippen LogP contribution >= 0.6 is 0 Å². The molecule has 1 saturated carbocycles. The summed E-state index contributed by atoms with van der Waals surface area (Å²) in [5.41, 5.74) is -1.11. The average molecular weight is 268 g/mol. The fourth-order valence-corrected chi connectivity index (χ4v) is 2.66. The molecule has 0 aromatic carbocycles. The number of hydrogen-bond acceptors (Lipinski definition) is 5. The third-order valence-corrected chi connectivity index (χ3v) is 3.78. The first-order valence-corrected chi connectivity index (χ1v) is 6.25. The average Bonchev–Trinajstić information content (AvgIpc) is 2.87. The zero-order valence-electron chi connectivity index (χ0n) is 10.7. The van der Waals surface area contributed by atoms with Gasteiger partial charge in [-0.15, -0.1) is 0 Å². The SMILES string of the molecule is COC(=O)CCN1C(=O)NC(=O)C2(CCCC2)C1=O. The van der Waals surface area contributed by atoms with Crippen LogP contribution in [0.5, 0.6) is 0 Å². The minimum absolute atomic E-state index is 0.0631. The molecule has 0 unspecified atom stereocenters. The van der Waals surface area contributed by atoms with Crippen LogP contribution in [0, 0.1) is 5.41 Å². The Morgan fingerprint density at radius 3 is 2.53 bits per heavy atom. The van der Waals surface area contributed by atoms with E-state index in [1.54, 1.807) is 0 Å². The first-order chi connectivity index (χ1) is 9.01. The number of nitrogens with one attached hydrogen (secondary N) is 1. The van der Waals surface area contributed by atoms with E-state index >= 15 is 0 Å². The predicted molar refractivity (Wildman–Crippen MR) is 62.8 cm³/mol. The van der Waals surface area contributed by atoms with Crippen molar-refractivity contribution >= 4 is 23.8 Å². The summed E-state index contributed by atoms with van der Waals surface area (Å²) in [4.78, 5) is 48.0. The lowest BCUT2D eigenvalue weighted by Gasteiger charge is -2.36. The molecule has 0 aromatic rings. The van der Waals surface area contributed by atoms with Crippen LogP contribution in [0.2, 0.25) is 0 Å². The molecular weight excluding hydrogens is 252 g/mol. The van der Waals surface area contributed by atoms with E-state index < -0.39 is 29.2 Å². The Balaban J connectivity index is 2.14. The molecule has 1 aliphatic heterocycles. The molecule has 2 fully saturated rings. The molecule has 1 N–H and O–H groups in total. The topological polar surface area (TPSA) is 92.8 Å². The van der Waals surface area contributed by atoms with Gasteiger partial charge < -0.3 is 4.74 Å². The number of carbonyl (C=O) groups is 4. The molecule has 0 atom stereocenters. The molecule has 1 heterocycles. The van der Waals surface area contributed by atoms with Gasteiger partial charge >= 0.3 is 12.0 Å². The normalized spacial score (nSPS) is 21.7. The molecule has 104 valence electrons. The van der Waals surface area contributed by atoms with Crippen LogP contribution in [-0.4, -0.2) is 42.4 Å². The lowest BCUT2D eigenvalue weighted by Crippen LogP contribution is -2.63. The van der Waals surface area contributed by atoms with E-state index in [4.69, 9.17) is 0 Å². The second-order valence-corrected chi connectivity index (χ2v) is 4.83. The standard InChI is InChI=1S/C12H16N2O5/c1-19-8(15)4-7-14-10(17)12(5-2-3-6-12)9(16)13-11(14)18/h2-7H2,1H3,(H,13,16,18). The van der Waals surface area contributed by atoms with Gasteiger partial charge in [0.2, 0.25) is 11.8 Å². The summed E-state index contributed by atoms with van der Waals surface area (Å²) >= 11 is 0. The van der Waals surface area contributed by atoms with E-state index in [9.17, 15) is 19.2 Å². The van der Waals surface area contributed by atoms with E-state index in [1.165, 1.54) is 7.11 Å². The first kappa shape index (κ1) is 13.5. The molecule has 7 heteroatoms. The van der Waals surface area contributed by atoms with Crippen molar-refractivity contribution in [1.29, 1.82) is 0 Å². The van der Waals surface area contributed by atoms with Gasteiger partial charge in [-0.2, -0.15) is 0 Å². The number of nitrogens with zero attached hydrogens (tertiary/aromatic N) is 1. The van der Waals surface area contributed by atoms with E-state index in [-0.39, 0.29) is 13.0 Å². The fourth-order valence-electron chi connectivity index (χ4n) is 2.66. The van der Waals surface area contributed by atoms with Gasteiger partial charge in [0.1, 0.15) is 5.41 Å². The second-order valence-electron chi connectivity index (χ2n) is 4.83. The molecule has 0 bridgehead atoms. The number of hydrogen-bond donors (Lipinski definition) is 1. The van der Waals surface area contributed by atoms with Gasteiger partial charge in [0, 0.05) is 6.54 Å². The number of esters is 1. The monoisotopic (exact) mass is 268 g/mol. The van der Waals surface area contributed by atoms with Gasteiger partial charge in [0.05, 0.1) is 13.5 Å². The highest BCUT2D eigenvalue weighted by Gasteiger charge is 2.54. The molecule has 2 aliphatic rings. The lowest BCUT2D eigenvalue weighted by molar-refractivity contribution is -0.151. The van der Waals surface area contributed by atoms with Gasteiger partial charge in [0.25, 0.3) is 0 Å².